The van der Waals surface area contributed by atoms with Gasteiger partial charge in [-0.3, -0.25) is 0 Å². The van der Waals surface area contributed by atoms with Crippen molar-refractivity contribution in [2.24, 2.45) is 0 Å². The molecule has 0 nitrogen and oxygen atoms in total. The average molecular weight is 385 g/mol. The number of thioether (sulfide) groups is 8. The second-order valence-electron chi connectivity index (χ2n) is 3.58. The number of rotatable bonds is 0. The summed E-state index contributed by atoms with van der Waals surface area (Å²) in [4.78, 5) is 0. The smallest absolute Gasteiger partial charge is 0.0769 e. The van der Waals surface area contributed by atoms with E-state index < -0.39 is 0 Å². The summed E-state index contributed by atoms with van der Waals surface area (Å²) in [5.74, 6) is 2.65. The van der Waals surface area contributed by atoms with Crippen molar-refractivity contribution in [1.82, 2.24) is 0 Å². The fourth-order valence-electron chi connectivity index (χ4n) is 1.68. The Bertz CT molecular complexity index is 426. The minimum absolute atomic E-state index is 0.770. The first-order chi connectivity index (χ1) is 8.90. The Labute approximate surface area is 141 Å². The predicted molar refractivity (Wildman–Crippen MR) is 101 cm³/mol. The average Bonchev–Trinajstić information content (AvgIpc) is 3.04. The maximum absolute atomic E-state index is 2.19. The van der Waals surface area contributed by atoms with Crippen LogP contribution in [-0.4, -0.2) is 20.7 Å². The van der Waals surface area contributed by atoms with Crippen LogP contribution in [0.3, 0.4) is 0 Å². The van der Waals surface area contributed by atoms with Gasteiger partial charge >= 0.3 is 0 Å². The maximum atomic E-state index is 2.19. The standard InChI is InChI=1S/C10H8S8/c1-2-12-5(11-1)8-17-9-10(18-8)16-7-6(15-9)13-3-4-14-7/h1-2,6-7H,3-4H2. The predicted octanol–water partition coefficient (Wildman–Crippen LogP) is 6.28. The van der Waals surface area contributed by atoms with Gasteiger partial charge in [0.2, 0.25) is 0 Å². The first kappa shape index (κ1) is 13.7. The summed E-state index contributed by atoms with van der Waals surface area (Å²) in [6, 6.07) is 0. The van der Waals surface area contributed by atoms with Gasteiger partial charge in [-0.2, -0.15) is 0 Å². The molecule has 4 aliphatic rings. The summed E-state index contributed by atoms with van der Waals surface area (Å²) in [7, 11) is 0. The van der Waals surface area contributed by atoms with Gasteiger partial charge in [-0.15, -0.1) is 47.0 Å². The van der Waals surface area contributed by atoms with Gasteiger partial charge in [0.1, 0.15) is 0 Å². The molecule has 0 aromatic heterocycles. The normalized spacial score (nSPS) is 35.1. The van der Waals surface area contributed by atoms with Crippen molar-refractivity contribution < 1.29 is 0 Å². The van der Waals surface area contributed by atoms with Crippen molar-refractivity contribution in [3.8, 4) is 0 Å². The quantitative estimate of drug-likeness (QED) is 0.472. The molecule has 96 valence electrons. The minimum Gasteiger partial charge on any atom is -0.144 e. The van der Waals surface area contributed by atoms with Crippen LogP contribution >= 0.6 is 94.1 Å². The highest BCUT2D eigenvalue weighted by Gasteiger charge is 2.39. The summed E-state index contributed by atoms with van der Waals surface area (Å²) in [5, 5.41) is 4.38. The van der Waals surface area contributed by atoms with Crippen LogP contribution in [0.5, 0.6) is 0 Å². The Morgan fingerprint density at radius 3 is 1.83 bits per heavy atom. The van der Waals surface area contributed by atoms with E-state index in [0.717, 1.165) is 9.16 Å². The topological polar surface area (TPSA) is 0 Å². The highest BCUT2D eigenvalue weighted by Crippen LogP contribution is 2.68. The van der Waals surface area contributed by atoms with Crippen molar-refractivity contribution in [2.45, 2.75) is 9.16 Å². The van der Waals surface area contributed by atoms with E-state index in [-0.39, 0.29) is 0 Å². The maximum Gasteiger partial charge on any atom is 0.0769 e. The zero-order valence-electron chi connectivity index (χ0n) is 8.99. The molecule has 18 heavy (non-hydrogen) atoms. The summed E-state index contributed by atoms with van der Waals surface area (Å²) in [6.45, 7) is 0. The lowest BCUT2D eigenvalue weighted by atomic mass is 10.9. The van der Waals surface area contributed by atoms with Crippen LogP contribution in [0.2, 0.25) is 0 Å². The molecule has 1 fully saturated rings. The lowest BCUT2D eigenvalue weighted by Gasteiger charge is -2.32. The third kappa shape index (κ3) is 2.69. The van der Waals surface area contributed by atoms with Crippen LogP contribution in [0.25, 0.3) is 0 Å². The van der Waals surface area contributed by atoms with E-state index in [2.05, 4.69) is 57.9 Å². The van der Waals surface area contributed by atoms with Gasteiger partial charge in [-0.1, -0.05) is 47.0 Å². The summed E-state index contributed by atoms with van der Waals surface area (Å²) in [5.41, 5.74) is 0. The number of hydrogen-bond acceptors (Lipinski definition) is 8. The monoisotopic (exact) mass is 384 g/mol. The Hall–Kier alpha value is 2.02. The Balaban J connectivity index is 1.54. The molecule has 4 rings (SSSR count). The Morgan fingerprint density at radius 2 is 1.28 bits per heavy atom. The third-order valence-corrected chi connectivity index (χ3v) is 15.0. The lowest BCUT2D eigenvalue weighted by Crippen LogP contribution is -2.21. The molecule has 2 unspecified atom stereocenters. The molecule has 1 saturated heterocycles. The molecule has 8 heteroatoms. The summed E-state index contributed by atoms with van der Waals surface area (Å²) < 4.78 is 7.66. The van der Waals surface area contributed by atoms with E-state index >= 15 is 0 Å². The Kier molecular flexibility index (Phi) is 4.57. The molecule has 0 radical (unpaired) electrons. The molecule has 0 aromatic rings. The summed E-state index contributed by atoms with van der Waals surface area (Å²) in [6.07, 6.45) is 0. The molecule has 4 heterocycles. The molecule has 0 saturated carbocycles. The van der Waals surface area contributed by atoms with E-state index in [1.54, 1.807) is 8.47 Å². The van der Waals surface area contributed by atoms with Crippen molar-refractivity contribution in [3.63, 3.8) is 0 Å². The second-order valence-corrected chi connectivity index (χ2v) is 13.9. The third-order valence-electron chi connectivity index (χ3n) is 2.43. The molecule has 0 aliphatic carbocycles. The fraction of sp³-hybridized carbons (Fsp3) is 0.400. The first-order valence-corrected chi connectivity index (χ1v) is 12.5. The molecule has 0 N–H and O–H groups in total. The highest BCUT2D eigenvalue weighted by molar-refractivity contribution is 8.45. The molecule has 0 amide bonds. The van der Waals surface area contributed by atoms with Gasteiger partial charge in [-0.25, -0.2) is 0 Å². The van der Waals surface area contributed by atoms with Crippen molar-refractivity contribution >= 4 is 94.1 Å². The van der Waals surface area contributed by atoms with Crippen LogP contribution in [0.1, 0.15) is 0 Å². The highest BCUT2D eigenvalue weighted by atomic mass is 32.3. The Morgan fingerprint density at radius 1 is 0.722 bits per heavy atom. The fourth-order valence-corrected chi connectivity index (χ4v) is 14.5. The van der Waals surface area contributed by atoms with E-state index in [1.165, 1.54) is 20.0 Å². The number of fused-ring (bicyclic) bond motifs is 1. The van der Waals surface area contributed by atoms with E-state index in [4.69, 9.17) is 0 Å². The number of hydrogen-bond donors (Lipinski definition) is 0. The van der Waals surface area contributed by atoms with Crippen LogP contribution in [0.4, 0.5) is 0 Å². The van der Waals surface area contributed by atoms with Gasteiger partial charge in [0, 0.05) is 11.5 Å². The van der Waals surface area contributed by atoms with Gasteiger partial charge in [-0.05, 0) is 10.8 Å². The molecule has 0 bridgehead atoms. The van der Waals surface area contributed by atoms with E-state index in [9.17, 15) is 0 Å². The van der Waals surface area contributed by atoms with Crippen LogP contribution in [-0.2, 0) is 0 Å². The van der Waals surface area contributed by atoms with Gasteiger partial charge < -0.3 is 0 Å². The summed E-state index contributed by atoms with van der Waals surface area (Å²) >= 11 is 16.3. The van der Waals surface area contributed by atoms with Crippen molar-refractivity contribution in [3.05, 3.63) is 27.8 Å². The van der Waals surface area contributed by atoms with Crippen LogP contribution in [0.15, 0.2) is 27.8 Å². The van der Waals surface area contributed by atoms with Crippen molar-refractivity contribution in [2.75, 3.05) is 11.5 Å². The molecular weight excluding hydrogens is 377 g/mol. The van der Waals surface area contributed by atoms with Crippen LogP contribution in [0, 0.1) is 0 Å². The van der Waals surface area contributed by atoms with Gasteiger partial charge in [0.15, 0.2) is 0 Å². The minimum atomic E-state index is 0.770. The van der Waals surface area contributed by atoms with E-state index in [0.29, 0.717) is 0 Å². The van der Waals surface area contributed by atoms with Crippen molar-refractivity contribution in [1.29, 1.82) is 0 Å². The van der Waals surface area contributed by atoms with Gasteiger partial charge in [0.05, 0.1) is 26.1 Å². The molecule has 0 aromatic carbocycles. The first-order valence-electron chi connectivity index (χ1n) is 5.29. The van der Waals surface area contributed by atoms with Gasteiger partial charge in [0.25, 0.3) is 0 Å². The van der Waals surface area contributed by atoms with Crippen LogP contribution < -0.4 is 0 Å². The largest absolute Gasteiger partial charge is 0.144 e. The zero-order chi connectivity index (χ0) is 11.9. The molecular formula is C10H8S8. The lowest BCUT2D eigenvalue weighted by molar-refractivity contribution is 1.30. The second kappa shape index (κ2) is 6.02. The molecule has 2 atom stereocenters. The van der Waals surface area contributed by atoms with E-state index in [1.807, 2.05) is 47.0 Å². The molecule has 4 aliphatic heterocycles. The molecule has 0 spiro atoms. The SMILES string of the molecule is C1=CSC(=C2SC3=C(S2)SC2SCCSC2S3)S1. The zero-order valence-corrected chi connectivity index (χ0v) is 15.5.